The van der Waals surface area contributed by atoms with Gasteiger partial charge in [0.1, 0.15) is 5.82 Å². The molecule has 0 spiro atoms. The summed E-state index contributed by atoms with van der Waals surface area (Å²) in [7, 11) is 1.60. The summed E-state index contributed by atoms with van der Waals surface area (Å²) < 4.78 is 18.3. The third kappa shape index (κ3) is 4.54. The minimum absolute atomic E-state index is 0.110. The number of benzene rings is 1. The summed E-state index contributed by atoms with van der Waals surface area (Å²) in [4.78, 5) is 11.8. The van der Waals surface area contributed by atoms with Gasteiger partial charge < -0.3 is 15.8 Å². The molecule has 0 aliphatic rings. The topological polar surface area (TPSA) is 64.3 Å². The fraction of sp³-hybridized carbons (Fsp3) is 0.417. The molecule has 1 rings (SSSR count). The maximum Gasteiger partial charge on any atom is 0.237 e. The van der Waals surface area contributed by atoms with Gasteiger partial charge in [-0.2, -0.15) is 0 Å². The lowest BCUT2D eigenvalue weighted by molar-refractivity contribution is -0.115. The third-order valence-corrected chi connectivity index (χ3v) is 3.39. The van der Waals surface area contributed by atoms with Crippen molar-refractivity contribution in [2.45, 2.75) is 12.2 Å². The molecule has 18 heavy (non-hydrogen) atoms. The summed E-state index contributed by atoms with van der Waals surface area (Å²) in [5, 5.41) is 2.25. The molecule has 0 heterocycles. The molecule has 0 aliphatic heterocycles. The molecule has 0 saturated heterocycles. The number of amides is 1. The molecule has 0 aromatic heterocycles. The Balaban J connectivity index is 2.55. The van der Waals surface area contributed by atoms with Crippen LogP contribution in [0.25, 0.3) is 0 Å². The molecule has 0 fully saturated rings. The number of ether oxygens (including phenoxy) is 1. The van der Waals surface area contributed by atoms with Crippen LogP contribution in [0.5, 0.6) is 0 Å². The number of nitrogens with one attached hydrogen (secondary N) is 1. The Morgan fingerprint density at radius 3 is 3.00 bits per heavy atom. The van der Waals surface area contributed by atoms with E-state index in [1.54, 1.807) is 14.0 Å². The number of hydrogen-bond donors (Lipinski definition) is 2. The van der Waals surface area contributed by atoms with Gasteiger partial charge in [-0.25, -0.2) is 4.39 Å². The molecule has 4 nitrogen and oxygen atoms in total. The standard InChI is InChI=1S/C12H17FN2O2S/c1-8(18-6-5-17-2)12(16)15-11-7-9(14)3-4-10(11)13/h3-4,7-8H,5-6,14H2,1-2H3,(H,15,16). The smallest absolute Gasteiger partial charge is 0.237 e. The summed E-state index contributed by atoms with van der Waals surface area (Å²) in [5.41, 5.74) is 6.06. The second-order valence-electron chi connectivity index (χ2n) is 3.73. The van der Waals surface area contributed by atoms with E-state index in [-0.39, 0.29) is 16.8 Å². The molecular formula is C12H17FN2O2S. The van der Waals surface area contributed by atoms with Gasteiger partial charge >= 0.3 is 0 Å². The van der Waals surface area contributed by atoms with Crippen LogP contribution in [-0.2, 0) is 9.53 Å². The molecule has 3 N–H and O–H groups in total. The summed E-state index contributed by atoms with van der Waals surface area (Å²) >= 11 is 1.45. The van der Waals surface area contributed by atoms with Crippen LogP contribution in [0.3, 0.4) is 0 Å². The highest BCUT2D eigenvalue weighted by molar-refractivity contribution is 8.00. The predicted molar refractivity (Wildman–Crippen MR) is 73.2 cm³/mol. The molecule has 6 heteroatoms. The maximum atomic E-state index is 13.4. The van der Waals surface area contributed by atoms with Gasteiger partial charge in [-0.15, -0.1) is 11.8 Å². The van der Waals surface area contributed by atoms with E-state index >= 15 is 0 Å². The first-order valence-electron chi connectivity index (χ1n) is 5.51. The number of anilines is 2. The van der Waals surface area contributed by atoms with E-state index in [1.165, 1.54) is 30.0 Å². The van der Waals surface area contributed by atoms with Crippen molar-refractivity contribution in [1.29, 1.82) is 0 Å². The zero-order valence-corrected chi connectivity index (χ0v) is 11.2. The average Bonchev–Trinajstić information content (AvgIpc) is 2.34. The van der Waals surface area contributed by atoms with Gasteiger partial charge in [0.05, 0.1) is 17.5 Å². The number of nitrogens with two attached hydrogens (primary N) is 1. The zero-order chi connectivity index (χ0) is 13.5. The second-order valence-corrected chi connectivity index (χ2v) is 5.18. The lowest BCUT2D eigenvalue weighted by Gasteiger charge is -2.12. The third-order valence-electron chi connectivity index (χ3n) is 2.27. The molecule has 0 aliphatic carbocycles. The molecule has 1 unspecified atom stereocenters. The normalized spacial score (nSPS) is 12.2. The van der Waals surface area contributed by atoms with Gasteiger partial charge in [0.2, 0.25) is 5.91 Å². The molecular weight excluding hydrogens is 255 g/mol. The van der Waals surface area contributed by atoms with Crippen molar-refractivity contribution in [3.63, 3.8) is 0 Å². The minimum atomic E-state index is -0.494. The number of carbonyl (C=O) groups is 1. The number of methoxy groups -OCH3 is 1. The number of thioether (sulfide) groups is 1. The SMILES string of the molecule is COCCSC(C)C(=O)Nc1cc(N)ccc1F. The number of halogens is 1. The van der Waals surface area contributed by atoms with Gasteiger partial charge in [0.25, 0.3) is 0 Å². The highest BCUT2D eigenvalue weighted by Crippen LogP contribution is 2.19. The van der Waals surface area contributed by atoms with E-state index in [0.717, 1.165) is 0 Å². The van der Waals surface area contributed by atoms with Crippen LogP contribution in [0, 0.1) is 5.82 Å². The fourth-order valence-electron chi connectivity index (χ4n) is 1.26. The largest absolute Gasteiger partial charge is 0.399 e. The first kappa shape index (κ1) is 14.8. The monoisotopic (exact) mass is 272 g/mol. The van der Waals surface area contributed by atoms with E-state index in [9.17, 15) is 9.18 Å². The molecule has 0 radical (unpaired) electrons. The fourth-order valence-corrected chi connectivity index (χ4v) is 2.08. The zero-order valence-electron chi connectivity index (χ0n) is 10.4. The molecule has 100 valence electrons. The van der Waals surface area contributed by atoms with Gasteiger partial charge in [0.15, 0.2) is 0 Å². The van der Waals surface area contributed by atoms with Crippen molar-refractivity contribution in [1.82, 2.24) is 0 Å². The maximum absolute atomic E-state index is 13.4. The summed E-state index contributed by atoms with van der Waals surface area (Å²) in [6.45, 7) is 2.34. The number of rotatable bonds is 6. The van der Waals surface area contributed by atoms with Crippen molar-refractivity contribution in [2.75, 3.05) is 30.5 Å². The van der Waals surface area contributed by atoms with Crippen molar-refractivity contribution in [2.24, 2.45) is 0 Å². The average molecular weight is 272 g/mol. The quantitative estimate of drug-likeness (QED) is 0.615. The Bertz CT molecular complexity index is 415. The van der Waals surface area contributed by atoms with Crippen LogP contribution in [0.4, 0.5) is 15.8 Å². The van der Waals surface area contributed by atoms with Crippen LogP contribution in [-0.4, -0.2) is 30.6 Å². The minimum Gasteiger partial charge on any atom is -0.399 e. The van der Waals surface area contributed by atoms with Gasteiger partial charge in [-0.1, -0.05) is 0 Å². The molecule has 1 amide bonds. The van der Waals surface area contributed by atoms with Crippen LogP contribution in [0.1, 0.15) is 6.92 Å². The molecule has 1 aromatic rings. The first-order valence-corrected chi connectivity index (χ1v) is 6.56. The van der Waals surface area contributed by atoms with E-state index in [1.807, 2.05) is 0 Å². The van der Waals surface area contributed by atoms with Crippen LogP contribution in [0.2, 0.25) is 0 Å². The van der Waals surface area contributed by atoms with E-state index < -0.39 is 5.82 Å². The molecule has 0 saturated carbocycles. The Kier molecular flexibility index (Phi) is 5.94. The van der Waals surface area contributed by atoms with Gasteiger partial charge in [-0.05, 0) is 25.1 Å². The molecule has 1 aromatic carbocycles. The summed E-state index contributed by atoms with van der Waals surface area (Å²) in [6, 6.07) is 4.08. The number of hydrogen-bond acceptors (Lipinski definition) is 4. The number of carbonyl (C=O) groups excluding carboxylic acids is 1. The Morgan fingerprint density at radius 1 is 1.61 bits per heavy atom. The highest BCUT2D eigenvalue weighted by Gasteiger charge is 2.15. The van der Waals surface area contributed by atoms with Gasteiger partial charge in [-0.3, -0.25) is 4.79 Å². The second kappa shape index (κ2) is 7.23. The van der Waals surface area contributed by atoms with E-state index in [4.69, 9.17) is 10.5 Å². The van der Waals surface area contributed by atoms with Crippen molar-refractivity contribution >= 4 is 29.0 Å². The Hall–Kier alpha value is -1.27. The predicted octanol–water partition coefficient (Wildman–Crippen LogP) is 2.11. The molecule has 1 atom stereocenters. The van der Waals surface area contributed by atoms with Crippen molar-refractivity contribution < 1.29 is 13.9 Å². The van der Waals surface area contributed by atoms with Crippen LogP contribution >= 0.6 is 11.8 Å². The Morgan fingerprint density at radius 2 is 2.33 bits per heavy atom. The summed E-state index contributed by atoms with van der Waals surface area (Å²) in [5.74, 6) is -0.0305. The lowest BCUT2D eigenvalue weighted by Crippen LogP contribution is -2.23. The summed E-state index contributed by atoms with van der Waals surface area (Å²) in [6.07, 6.45) is 0. The van der Waals surface area contributed by atoms with Crippen molar-refractivity contribution in [3.8, 4) is 0 Å². The molecule has 0 bridgehead atoms. The van der Waals surface area contributed by atoms with Crippen molar-refractivity contribution in [3.05, 3.63) is 24.0 Å². The first-order chi connectivity index (χ1) is 8.54. The van der Waals surface area contributed by atoms with E-state index in [0.29, 0.717) is 18.0 Å². The van der Waals surface area contributed by atoms with Gasteiger partial charge in [0, 0.05) is 18.6 Å². The lowest BCUT2D eigenvalue weighted by atomic mass is 10.2. The van der Waals surface area contributed by atoms with Crippen LogP contribution < -0.4 is 11.1 Å². The van der Waals surface area contributed by atoms with E-state index in [2.05, 4.69) is 5.32 Å². The highest BCUT2D eigenvalue weighted by atomic mass is 32.2. The number of nitrogen functional groups attached to an aromatic ring is 1. The van der Waals surface area contributed by atoms with Crippen LogP contribution in [0.15, 0.2) is 18.2 Å². The Labute approximate surface area is 110 Å².